The van der Waals surface area contributed by atoms with Gasteiger partial charge in [-0.05, 0) is 6.92 Å². The minimum absolute atomic E-state index is 0.296. The maximum Gasteiger partial charge on any atom is 0.330 e. The lowest BCUT2D eigenvalue weighted by molar-refractivity contribution is -0.139. The molecule has 62 valence electrons. The number of carbonyl (C=O) groups is 2. The summed E-state index contributed by atoms with van der Waals surface area (Å²) in [5.41, 5.74) is 0. The molecule has 0 unspecified atom stereocenters. The second-order valence-electron chi connectivity index (χ2n) is 1.61. The standard InChI is InChI=1S/C7H10O4/c1-3-11-7(9)5-4-6(8)10-2/h4-5H,3H2,1-2H3. The van der Waals surface area contributed by atoms with Crippen LogP contribution in [0.1, 0.15) is 6.92 Å². The molecule has 0 atom stereocenters. The Labute approximate surface area is 64.8 Å². The predicted molar refractivity (Wildman–Crippen MR) is 37.8 cm³/mol. The molecule has 4 heteroatoms. The first kappa shape index (κ1) is 9.68. The highest BCUT2D eigenvalue weighted by Crippen LogP contribution is 1.82. The summed E-state index contributed by atoms with van der Waals surface area (Å²) in [7, 11) is 1.23. The molecule has 0 bridgehead atoms. The van der Waals surface area contributed by atoms with Gasteiger partial charge in [0.15, 0.2) is 0 Å². The number of ether oxygens (including phenoxy) is 2. The number of esters is 2. The first-order chi connectivity index (χ1) is 5.20. The average molecular weight is 158 g/mol. The van der Waals surface area contributed by atoms with Crippen LogP contribution in [0.4, 0.5) is 0 Å². The minimum Gasteiger partial charge on any atom is -0.466 e. The minimum atomic E-state index is -0.571. The van der Waals surface area contributed by atoms with Gasteiger partial charge in [-0.3, -0.25) is 0 Å². The fourth-order valence-electron chi connectivity index (χ4n) is 0.394. The third-order valence-corrected chi connectivity index (χ3v) is 0.843. The van der Waals surface area contributed by atoms with Crippen molar-refractivity contribution in [2.24, 2.45) is 0 Å². The van der Waals surface area contributed by atoms with E-state index in [-0.39, 0.29) is 0 Å². The fraction of sp³-hybridized carbons (Fsp3) is 0.429. The van der Waals surface area contributed by atoms with Gasteiger partial charge in [-0.1, -0.05) is 0 Å². The monoisotopic (exact) mass is 158 g/mol. The smallest absolute Gasteiger partial charge is 0.330 e. The number of methoxy groups -OCH3 is 1. The van der Waals surface area contributed by atoms with Crippen molar-refractivity contribution < 1.29 is 19.1 Å². The van der Waals surface area contributed by atoms with Crippen molar-refractivity contribution in [2.45, 2.75) is 6.92 Å². The van der Waals surface area contributed by atoms with Crippen LogP contribution in [0.15, 0.2) is 12.2 Å². The number of rotatable bonds is 3. The van der Waals surface area contributed by atoms with E-state index in [1.54, 1.807) is 6.92 Å². The lowest BCUT2D eigenvalue weighted by Crippen LogP contribution is -2.01. The molecule has 0 N–H and O–H groups in total. The first-order valence-corrected chi connectivity index (χ1v) is 3.13. The summed E-state index contributed by atoms with van der Waals surface area (Å²) in [6.45, 7) is 1.98. The van der Waals surface area contributed by atoms with Gasteiger partial charge in [-0.2, -0.15) is 0 Å². The molecule has 0 aromatic heterocycles. The van der Waals surface area contributed by atoms with Crippen molar-refractivity contribution in [3.63, 3.8) is 0 Å². The largest absolute Gasteiger partial charge is 0.466 e. The molecule has 4 nitrogen and oxygen atoms in total. The summed E-state index contributed by atoms with van der Waals surface area (Å²) in [4.78, 5) is 21.0. The van der Waals surface area contributed by atoms with E-state index in [1.165, 1.54) is 7.11 Å². The zero-order chi connectivity index (χ0) is 8.69. The molecule has 0 saturated carbocycles. The van der Waals surface area contributed by atoms with Gasteiger partial charge in [-0.25, -0.2) is 9.59 Å². The molecule has 0 spiro atoms. The highest BCUT2D eigenvalue weighted by Gasteiger charge is 1.96. The highest BCUT2D eigenvalue weighted by atomic mass is 16.5. The summed E-state index contributed by atoms with van der Waals surface area (Å²) in [5.74, 6) is -1.11. The van der Waals surface area contributed by atoms with Crippen LogP contribution in [0.3, 0.4) is 0 Å². The van der Waals surface area contributed by atoms with E-state index in [1.807, 2.05) is 0 Å². The lowest BCUT2D eigenvalue weighted by atomic mass is 10.5. The van der Waals surface area contributed by atoms with Gasteiger partial charge >= 0.3 is 11.9 Å². The molecule has 0 aromatic carbocycles. The van der Waals surface area contributed by atoms with Gasteiger partial charge in [0.05, 0.1) is 13.7 Å². The highest BCUT2D eigenvalue weighted by molar-refractivity contribution is 5.91. The Morgan fingerprint density at radius 3 is 2.27 bits per heavy atom. The molecule has 11 heavy (non-hydrogen) atoms. The quantitative estimate of drug-likeness (QED) is 0.437. The van der Waals surface area contributed by atoms with Crippen molar-refractivity contribution in [3.8, 4) is 0 Å². The van der Waals surface area contributed by atoms with Crippen molar-refractivity contribution in [1.82, 2.24) is 0 Å². The zero-order valence-corrected chi connectivity index (χ0v) is 6.49. The maximum absolute atomic E-state index is 10.5. The summed E-state index contributed by atoms with van der Waals surface area (Å²) in [5, 5.41) is 0. The van der Waals surface area contributed by atoms with Crippen LogP contribution in [-0.4, -0.2) is 25.7 Å². The molecule has 0 aliphatic heterocycles. The number of hydrogen-bond acceptors (Lipinski definition) is 4. The Kier molecular flexibility index (Phi) is 4.81. The van der Waals surface area contributed by atoms with Gasteiger partial charge < -0.3 is 9.47 Å². The molecule has 0 rings (SSSR count). The van der Waals surface area contributed by atoms with E-state index >= 15 is 0 Å². The molecule has 0 aliphatic rings. The summed E-state index contributed by atoms with van der Waals surface area (Å²) >= 11 is 0. The van der Waals surface area contributed by atoms with E-state index < -0.39 is 11.9 Å². The van der Waals surface area contributed by atoms with Crippen LogP contribution in [-0.2, 0) is 19.1 Å². The van der Waals surface area contributed by atoms with Crippen LogP contribution in [0, 0.1) is 0 Å². The van der Waals surface area contributed by atoms with E-state index in [0.29, 0.717) is 6.61 Å². The fourth-order valence-corrected chi connectivity index (χ4v) is 0.394. The molecule has 0 heterocycles. The van der Waals surface area contributed by atoms with E-state index in [4.69, 9.17) is 0 Å². The Hall–Kier alpha value is -1.32. The first-order valence-electron chi connectivity index (χ1n) is 3.13. The van der Waals surface area contributed by atoms with Gasteiger partial charge in [-0.15, -0.1) is 0 Å². The van der Waals surface area contributed by atoms with Gasteiger partial charge in [0.2, 0.25) is 0 Å². The van der Waals surface area contributed by atoms with Crippen molar-refractivity contribution in [3.05, 3.63) is 12.2 Å². The van der Waals surface area contributed by atoms with Gasteiger partial charge in [0.25, 0.3) is 0 Å². The predicted octanol–water partition coefficient (Wildman–Crippen LogP) is 0.279. The van der Waals surface area contributed by atoms with E-state index in [2.05, 4.69) is 9.47 Å². The normalized spacial score (nSPS) is 9.64. The Morgan fingerprint density at radius 1 is 1.27 bits per heavy atom. The van der Waals surface area contributed by atoms with E-state index in [9.17, 15) is 9.59 Å². The van der Waals surface area contributed by atoms with Crippen molar-refractivity contribution in [2.75, 3.05) is 13.7 Å². The topological polar surface area (TPSA) is 52.6 Å². The number of carbonyl (C=O) groups excluding carboxylic acids is 2. The Balaban J connectivity index is 3.73. The van der Waals surface area contributed by atoms with Crippen LogP contribution in [0.5, 0.6) is 0 Å². The molecule has 0 saturated heterocycles. The van der Waals surface area contributed by atoms with E-state index in [0.717, 1.165) is 12.2 Å². The van der Waals surface area contributed by atoms with Crippen molar-refractivity contribution >= 4 is 11.9 Å². The Bertz CT molecular complexity index is 171. The SMILES string of the molecule is CCOC(=O)C=CC(=O)OC. The lowest BCUT2D eigenvalue weighted by Gasteiger charge is -1.93. The average Bonchev–Trinajstić information content (AvgIpc) is 2.01. The molecule has 0 aliphatic carbocycles. The number of hydrogen-bond donors (Lipinski definition) is 0. The summed E-state index contributed by atoms with van der Waals surface area (Å²) < 4.78 is 8.75. The second-order valence-corrected chi connectivity index (χ2v) is 1.61. The maximum atomic E-state index is 10.5. The molecule has 0 aromatic rings. The summed E-state index contributed by atoms with van der Waals surface area (Å²) in [6, 6.07) is 0. The summed E-state index contributed by atoms with van der Waals surface area (Å²) in [6.07, 6.45) is 2.04. The third-order valence-electron chi connectivity index (χ3n) is 0.843. The second kappa shape index (κ2) is 5.46. The molecule has 0 amide bonds. The Morgan fingerprint density at radius 2 is 1.82 bits per heavy atom. The molecule has 0 radical (unpaired) electrons. The van der Waals surface area contributed by atoms with Gasteiger partial charge in [0, 0.05) is 12.2 Å². The van der Waals surface area contributed by atoms with Gasteiger partial charge in [0.1, 0.15) is 0 Å². The molecular formula is C7H10O4. The zero-order valence-electron chi connectivity index (χ0n) is 6.49. The molecule has 0 fully saturated rings. The van der Waals surface area contributed by atoms with Crippen LogP contribution in [0.25, 0.3) is 0 Å². The third kappa shape index (κ3) is 5.14. The van der Waals surface area contributed by atoms with Crippen LogP contribution >= 0.6 is 0 Å². The van der Waals surface area contributed by atoms with Crippen LogP contribution in [0.2, 0.25) is 0 Å². The van der Waals surface area contributed by atoms with Crippen molar-refractivity contribution in [1.29, 1.82) is 0 Å². The van der Waals surface area contributed by atoms with Crippen LogP contribution < -0.4 is 0 Å². The molecular weight excluding hydrogens is 148 g/mol.